The molecule has 0 atom stereocenters. The fourth-order valence-electron chi connectivity index (χ4n) is 0. The van der Waals surface area contributed by atoms with Gasteiger partial charge in [-0.25, -0.2) is 10.5 Å². The third kappa shape index (κ3) is 92.8. The van der Waals surface area contributed by atoms with E-state index in [-0.39, 0.29) is 21.1 Å². The standard InChI is InChI=1S/2CHN.Pt/c2*1-2;/h2*1H;. The maximum Gasteiger partial charge on any atom is 0.0462 e. The van der Waals surface area contributed by atoms with Crippen LogP contribution in [0.2, 0.25) is 0 Å². The summed E-state index contributed by atoms with van der Waals surface area (Å²) in [5, 5.41) is 13.0. The summed E-state index contributed by atoms with van der Waals surface area (Å²) in [5.41, 5.74) is 0. The predicted molar refractivity (Wildman–Crippen MR) is 13.3 cm³/mol. The Balaban J connectivity index is -0.0000000133. The number of hydrogen-bond acceptors (Lipinski definition) is 2. The molecule has 0 fully saturated rings. The molecule has 5 heavy (non-hydrogen) atoms. The summed E-state index contributed by atoms with van der Waals surface area (Å²) < 4.78 is 0. The zero-order chi connectivity index (χ0) is 4.00. The second-order valence-corrected chi connectivity index (χ2v) is 0. The molecule has 0 rings (SSSR count). The van der Waals surface area contributed by atoms with Crippen LogP contribution in [0.1, 0.15) is 0 Å². The minimum Gasteiger partial charge on any atom is -0.202 e. The minimum atomic E-state index is 0. The van der Waals surface area contributed by atoms with E-state index in [1.54, 1.807) is 0 Å². The van der Waals surface area contributed by atoms with Crippen LogP contribution < -0.4 is 0 Å². The van der Waals surface area contributed by atoms with Crippen molar-refractivity contribution in [2.75, 3.05) is 0 Å². The van der Waals surface area contributed by atoms with E-state index in [4.69, 9.17) is 10.5 Å². The Morgan fingerprint density at radius 2 is 0.800 bits per heavy atom. The van der Waals surface area contributed by atoms with Gasteiger partial charge in [0, 0.05) is 34.2 Å². The van der Waals surface area contributed by atoms with E-state index in [0.717, 1.165) is 0 Å². The molecule has 0 spiro atoms. The van der Waals surface area contributed by atoms with Crippen LogP contribution in [0.4, 0.5) is 0 Å². The number of nitrogens with zero attached hydrogens (tertiary/aromatic N) is 2. The summed E-state index contributed by atoms with van der Waals surface area (Å²) in [6, 6.07) is 0. The average Bonchev–Trinajstić information content (AvgIpc) is 1.50. The average molecular weight is 249 g/mol. The van der Waals surface area contributed by atoms with Crippen molar-refractivity contribution in [1.82, 2.24) is 0 Å². The molecule has 0 unspecified atom stereocenters. The van der Waals surface area contributed by atoms with Crippen LogP contribution in [0.15, 0.2) is 0 Å². The van der Waals surface area contributed by atoms with Gasteiger partial charge < -0.3 is 0 Å². The van der Waals surface area contributed by atoms with Gasteiger partial charge in [-0.1, -0.05) is 0 Å². The molecule has 0 amide bonds. The second kappa shape index (κ2) is 237. The van der Waals surface area contributed by atoms with Crippen molar-refractivity contribution in [3.8, 4) is 13.1 Å². The van der Waals surface area contributed by atoms with Crippen LogP contribution in [0.25, 0.3) is 0 Å². The molecular formula is C2H2N2Pt. The number of rotatable bonds is 0. The molecule has 0 bridgehead atoms. The maximum atomic E-state index is 6.50. The van der Waals surface area contributed by atoms with Crippen molar-refractivity contribution in [2.24, 2.45) is 0 Å². The molecular weight excluding hydrogens is 247 g/mol. The fourth-order valence-corrected chi connectivity index (χ4v) is 0. The van der Waals surface area contributed by atoms with Gasteiger partial charge in [0.2, 0.25) is 0 Å². The number of hydrogen-bond donors (Lipinski definition) is 0. The van der Waals surface area contributed by atoms with Crippen molar-refractivity contribution < 1.29 is 21.1 Å². The Bertz CT molecular complexity index is 23.1. The first-order valence-electron chi connectivity index (χ1n) is 0.516. The van der Waals surface area contributed by atoms with Crippen LogP contribution in [-0.4, -0.2) is 0 Å². The summed E-state index contributed by atoms with van der Waals surface area (Å²) in [5.74, 6) is 0. The van der Waals surface area contributed by atoms with Gasteiger partial charge >= 0.3 is 0 Å². The Kier molecular flexibility index (Phi) is 1070. The molecule has 2 nitrogen and oxygen atoms in total. The van der Waals surface area contributed by atoms with Crippen molar-refractivity contribution in [3.05, 3.63) is 0 Å². The summed E-state index contributed by atoms with van der Waals surface area (Å²) in [6.45, 7) is 7.00. The van der Waals surface area contributed by atoms with Gasteiger partial charge in [0.1, 0.15) is 0 Å². The van der Waals surface area contributed by atoms with Crippen molar-refractivity contribution in [1.29, 1.82) is 10.5 Å². The Hall–Kier alpha value is -0.332. The van der Waals surface area contributed by atoms with Gasteiger partial charge in [0.25, 0.3) is 0 Å². The van der Waals surface area contributed by atoms with E-state index in [0.29, 0.717) is 0 Å². The molecule has 0 aromatic carbocycles. The number of nitriles is 2. The van der Waals surface area contributed by atoms with E-state index in [1.165, 1.54) is 0 Å². The van der Waals surface area contributed by atoms with Gasteiger partial charge in [-0.15, -0.1) is 0 Å². The third-order valence-corrected chi connectivity index (χ3v) is 0. The molecule has 0 saturated carbocycles. The van der Waals surface area contributed by atoms with Gasteiger partial charge in [-0.2, -0.15) is 0 Å². The van der Waals surface area contributed by atoms with E-state index in [2.05, 4.69) is 13.1 Å². The van der Waals surface area contributed by atoms with E-state index >= 15 is 0 Å². The maximum absolute atomic E-state index is 6.50. The van der Waals surface area contributed by atoms with E-state index in [1.807, 2.05) is 0 Å². The molecule has 0 radical (unpaired) electrons. The van der Waals surface area contributed by atoms with Gasteiger partial charge in [-0.05, 0) is 0 Å². The SMILES string of the molecule is C#N.C#N.[Pt]. The summed E-state index contributed by atoms with van der Waals surface area (Å²) in [7, 11) is 0. The zero-order valence-electron chi connectivity index (χ0n) is 2.37. The molecule has 3 heteroatoms. The Morgan fingerprint density at radius 3 is 0.800 bits per heavy atom. The van der Waals surface area contributed by atoms with Crippen LogP contribution in [0, 0.1) is 23.7 Å². The molecule has 0 saturated heterocycles. The topological polar surface area (TPSA) is 47.6 Å². The quantitative estimate of drug-likeness (QED) is 0.619. The molecule has 0 aromatic heterocycles. The van der Waals surface area contributed by atoms with E-state index < -0.39 is 0 Å². The first-order valence-corrected chi connectivity index (χ1v) is 0.516. The molecule has 0 heterocycles. The smallest absolute Gasteiger partial charge is 0.0462 e. The Morgan fingerprint density at radius 1 is 0.800 bits per heavy atom. The van der Waals surface area contributed by atoms with Gasteiger partial charge in [0.15, 0.2) is 0 Å². The summed E-state index contributed by atoms with van der Waals surface area (Å²) >= 11 is 0. The van der Waals surface area contributed by atoms with Crippen LogP contribution >= 0.6 is 0 Å². The Labute approximate surface area is 45.3 Å². The fraction of sp³-hybridized carbons (Fsp3) is 0. The monoisotopic (exact) mass is 249 g/mol. The molecule has 0 aliphatic rings. The zero-order valence-corrected chi connectivity index (χ0v) is 4.64. The molecule has 0 aliphatic carbocycles. The largest absolute Gasteiger partial charge is 0.202 e. The molecule has 0 aliphatic heterocycles. The van der Waals surface area contributed by atoms with Crippen LogP contribution in [0.3, 0.4) is 0 Å². The molecule has 30 valence electrons. The molecule has 0 aromatic rings. The third-order valence-electron chi connectivity index (χ3n) is 0. The first-order chi connectivity index (χ1) is 2.00. The second-order valence-electron chi connectivity index (χ2n) is 0. The predicted octanol–water partition coefficient (Wildman–Crippen LogP) is 0.277. The van der Waals surface area contributed by atoms with Gasteiger partial charge in [0.05, 0.1) is 0 Å². The summed E-state index contributed by atoms with van der Waals surface area (Å²) in [6.07, 6.45) is 0. The minimum absolute atomic E-state index is 0. The van der Waals surface area contributed by atoms with Crippen LogP contribution in [0.5, 0.6) is 0 Å². The van der Waals surface area contributed by atoms with Crippen LogP contribution in [-0.2, 0) is 21.1 Å². The van der Waals surface area contributed by atoms with Gasteiger partial charge in [-0.3, -0.25) is 0 Å². The van der Waals surface area contributed by atoms with Crippen molar-refractivity contribution >= 4 is 0 Å². The van der Waals surface area contributed by atoms with Crippen molar-refractivity contribution in [3.63, 3.8) is 0 Å². The first kappa shape index (κ1) is 22.6. The van der Waals surface area contributed by atoms with E-state index in [9.17, 15) is 0 Å². The summed E-state index contributed by atoms with van der Waals surface area (Å²) in [4.78, 5) is 0. The molecule has 0 N–H and O–H groups in total. The van der Waals surface area contributed by atoms with Crippen molar-refractivity contribution in [2.45, 2.75) is 0 Å². The normalized spacial score (nSPS) is 0.800.